The second-order valence-electron chi connectivity index (χ2n) is 8.46. The highest BCUT2D eigenvalue weighted by molar-refractivity contribution is 14.0. The number of guanidine groups is 1. The highest BCUT2D eigenvalue weighted by atomic mass is 127. The van der Waals surface area contributed by atoms with Crippen molar-refractivity contribution >= 4 is 46.3 Å². The molecule has 2 saturated heterocycles. The van der Waals surface area contributed by atoms with E-state index < -0.39 is 0 Å². The van der Waals surface area contributed by atoms with Gasteiger partial charge in [-0.15, -0.1) is 35.3 Å². The van der Waals surface area contributed by atoms with E-state index in [9.17, 15) is 0 Å². The van der Waals surface area contributed by atoms with Gasteiger partial charge in [0.25, 0.3) is 0 Å². The van der Waals surface area contributed by atoms with Gasteiger partial charge in [0.1, 0.15) is 0 Å². The van der Waals surface area contributed by atoms with Crippen molar-refractivity contribution in [2.24, 2.45) is 10.9 Å². The van der Waals surface area contributed by atoms with Crippen molar-refractivity contribution < 1.29 is 0 Å². The summed E-state index contributed by atoms with van der Waals surface area (Å²) in [7, 11) is 4.10. The van der Waals surface area contributed by atoms with Crippen LogP contribution in [0.1, 0.15) is 26.7 Å². The Balaban J connectivity index is 0.00000300. The SMILES string of the molecule is CN=C(NCC(C(C)C)N1CCN(C)CC1)NC1CCN(c2cccs2)CC1.I. The van der Waals surface area contributed by atoms with Gasteiger partial charge in [-0.1, -0.05) is 13.8 Å². The molecule has 0 aromatic carbocycles. The fraction of sp³-hybridized carbons (Fsp3) is 0.762. The van der Waals surface area contributed by atoms with Crippen molar-refractivity contribution in [2.75, 3.05) is 64.8 Å². The van der Waals surface area contributed by atoms with Crippen LogP contribution in [0.5, 0.6) is 0 Å². The molecule has 1 aromatic heterocycles. The van der Waals surface area contributed by atoms with Gasteiger partial charge < -0.3 is 20.4 Å². The van der Waals surface area contributed by atoms with Gasteiger partial charge in [-0.3, -0.25) is 9.89 Å². The maximum absolute atomic E-state index is 4.50. The van der Waals surface area contributed by atoms with Crippen molar-refractivity contribution in [3.63, 3.8) is 0 Å². The Morgan fingerprint density at radius 2 is 1.86 bits per heavy atom. The van der Waals surface area contributed by atoms with E-state index in [-0.39, 0.29) is 24.0 Å². The molecule has 0 saturated carbocycles. The van der Waals surface area contributed by atoms with Gasteiger partial charge in [0.15, 0.2) is 5.96 Å². The second kappa shape index (κ2) is 12.3. The van der Waals surface area contributed by atoms with Crippen LogP contribution in [0, 0.1) is 5.92 Å². The first-order valence-electron chi connectivity index (χ1n) is 10.7. The molecule has 8 heteroatoms. The van der Waals surface area contributed by atoms with Crippen LogP contribution >= 0.6 is 35.3 Å². The van der Waals surface area contributed by atoms with E-state index in [1.165, 1.54) is 18.1 Å². The Labute approximate surface area is 198 Å². The van der Waals surface area contributed by atoms with E-state index in [1.54, 1.807) is 0 Å². The molecule has 1 aromatic rings. The third kappa shape index (κ3) is 7.25. The van der Waals surface area contributed by atoms with Crippen LogP contribution in [0.3, 0.4) is 0 Å². The lowest BCUT2D eigenvalue weighted by Crippen LogP contribution is -2.56. The van der Waals surface area contributed by atoms with Crippen LogP contribution < -0.4 is 15.5 Å². The summed E-state index contributed by atoms with van der Waals surface area (Å²) in [5.74, 6) is 1.58. The molecule has 0 bridgehead atoms. The summed E-state index contributed by atoms with van der Waals surface area (Å²) in [5, 5.41) is 10.8. The van der Waals surface area contributed by atoms with E-state index >= 15 is 0 Å². The number of nitrogens with zero attached hydrogens (tertiary/aromatic N) is 4. The Morgan fingerprint density at radius 3 is 2.41 bits per heavy atom. The Hall–Kier alpha value is -0.580. The molecule has 2 aliphatic rings. The summed E-state index contributed by atoms with van der Waals surface area (Å²) >= 11 is 1.84. The number of halogens is 1. The molecule has 6 nitrogen and oxygen atoms in total. The quantitative estimate of drug-likeness (QED) is 0.334. The first kappa shape index (κ1) is 24.7. The molecular weight excluding hydrogens is 495 g/mol. The summed E-state index contributed by atoms with van der Waals surface area (Å²) in [6, 6.07) is 5.42. The largest absolute Gasteiger partial charge is 0.363 e. The highest BCUT2D eigenvalue weighted by Crippen LogP contribution is 2.24. The van der Waals surface area contributed by atoms with Crippen LogP contribution in [0.2, 0.25) is 0 Å². The molecule has 0 spiro atoms. The summed E-state index contributed by atoms with van der Waals surface area (Å²) in [6.45, 7) is 12.5. The molecular formula is C21H39IN6S. The molecule has 2 N–H and O–H groups in total. The van der Waals surface area contributed by atoms with Crippen LogP contribution in [0.4, 0.5) is 5.00 Å². The minimum absolute atomic E-state index is 0. The van der Waals surface area contributed by atoms with E-state index in [0.29, 0.717) is 18.0 Å². The predicted molar refractivity (Wildman–Crippen MR) is 137 cm³/mol. The summed E-state index contributed by atoms with van der Waals surface area (Å²) in [5.41, 5.74) is 0. The molecule has 2 aliphatic heterocycles. The topological polar surface area (TPSA) is 46.1 Å². The van der Waals surface area contributed by atoms with Gasteiger partial charge in [0.05, 0.1) is 5.00 Å². The molecule has 1 atom stereocenters. The molecule has 3 heterocycles. The predicted octanol–water partition coefficient (Wildman–Crippen LogP) is 2.77. The first-order valence-corrected chi connectivity index (χ1v) is 11.6. The number of piperidine rings is 1. The van der Waals surface area contributed by atoms with Crippen molar-refractivity contribution in [3.05, 3.63) is 17.5 Å². The average molecular weight is 535 g/mol. The summed E-state index contributed by atoms with van der Waals surface area (Å²) in [4.78, 5) is 12.1. The number of anilines is 1. The molecule has 166 valence electrons. The Bertz CT molecular complexity index is 592. The highest BCUT2D eigenvalue weighted by Gasteiger charge is 2.26. The van der Waals surface area contributed by atoms with Gasteiger partial charge in [0.2, 0.25) is 0 Å². The molecule has 0 aliphatic carbocycles. The molecule has 0 amide bonds. The second-order valence-corrected chi connectivity index (χ2v) is 9.39. The maximum atomic E-state index is 4.50. The van der Waals surface area contributed by atoms with E-state index in [4.69, 9.17) is 0 Å². The van der Waals surface area contributed by atoms with Crippen molar-refractivity contribution in [3.8, 4) is 0 Å². The van der Waals surface area contributed by atoms with Gasteiger partial charge >= 0.3 is 0 Å². The zero-order chi connectivity index (χ0) is 19.9. The van der Waals surface area contributed by atoms with Crippen LogP contribution in [-0.2, 0) is 0 Å². The number of hydrogen-bond donors (Lipinski definition) is 2. The normalized spacial score (nSPS) is 21.1. The van der Waals surface area contributed by atoms with E-state index in [1.807, 2.05) is 18.4 Å². The fourth-order valence-electron chi connectivity index (χ4n) is 4.22. The van der Waals surface area contributed by atoms with Gasteiger partial charge in [-0.25, -0.2) is 0 Å². The molecule has 3 rings (SSSR count). The zero-order valence-corrected chi connectivity index (χ0v) is 21.6. The smallest absolute Gasteiger partial charge is 0.191 e. The van der Waals surface area contributed by atoms with Gasteiger partial charge in [0, 0.05) is 64.9 Å². The number of hydrogen-bond acceptors (Lipinski definition) is 5. The standard InChI is InChI=1S/C21H38N6S.HI/c1-17(2)19(26-13-11-25(4)12-14-26)16-23-21(22-3)24-18-7-9-27(10-8-18)20-6-5-15-28-20;/h5-6,15,17-19H,7-14,16H2,1-4H3,(H2,22,23,24);1H. The Morgan fingerprint density at radius 1 is 1.17 bits per heavy atom. The Kier molecular flexibility index (Phi) is 10.5. The maximum Gasteiger partial charge on any atom is 0.191 e. The number of piperazine rings is 1. The van der Waals surface area contributed by atoms with Crippen molar-refractivity contribution in [1.82, 2.24) is 20.4 Å². The average Bonchev–Trinajstić information content (AvgIpc) is 3.23. The van der Waals surface area contributed by atoms with Crippen LogP contribution in [0.15, 0.2) is 22.5 Å². The summed E-state index contributed by atoms with van der Waals surface area (Å²) in [6.07, 6.45) is 2.31. The third-order valence-electron chi connectivity index (χ3n) is 6.13. The van der Waals surface area contributed by atoms with Crippen molar-refractivity contribution in [2.45, 2.75) is 38.8 Å². The molecule has 2 fully saturated rings. The number of likely N-dealkylation sites (N-methyl/N-ethyl adjacent to an activating group) is 1. The number of rotatable bonds is 6. The minimum Gasteiger partial charge on any atom is -0.363 e. The third-order valence-corrected chi connectivity index (χ3v) is 7.06. The fourth-order valence-corrected chi connectivity index (χ4v) is 5.01. The lowest BCUT2D eigenvalue weighted by atomic mass is 10.0. The van der Waals surface area contributed by atoms with Gasteiger partial charge in [-0.05, 0) is 43.3 Å². The van der Waals surface area contributed by atoms with Gasteiger partial charge in [-0.2, -0.15) is 0 Å². The summed E-state index contributed by atoms with van der Waals surface area (Å²) < 4.78 is 0. The van der Waals surface area contributed by atoms with Crippen LogP contribution in [-0.4, -0.2) is 87.8 Å². The monoisotopic (exact) mass is 534 g/mol. The number of aliphatic imine (C=N–C) groups is 1. The lowest BCUT2D eigenvalue weighted by molar-refractivity contribution is 0.0899. The first-order chi connectivity index (χ1) is 13.6. The lowest BCUT2D eigenvalue weighted by Gasteiger charge is -2.40. The number of thiophene rings is 1. The van der Waals surface area contributed by atoms with E-state index in [0.717, 1.165) is 51.5 Å². The van der Waals surface area contributed by atoms with Crippen molar-refractivity contribution in [1.29, 1.82) is 0 Å². The van der Waals surface area contributed by atoms with Crippen LogP contribution in [0.25, 0.3) is 0 Å². The minimum atomic E-state index is 0. The molecule has 0 radical (unpaired) electrons. The van der Waals surface area contributed by atoms with E-state index in [2.05, 4.69) is 68.7 Å². The zero-order valence-electron chi connectivity index (χ0n) is 18.4. The number of nitrogens with one attached hydrogen (secondary N) is 2. The molecule has 1 unspecified atom stereocenters. The molecule has 29 heavy (non-hydrogen) atoms.